The molecule has 0 atom stereocenters. The molecular weight excluding hydrogens is 196 g/mol. The third kappa shape index (κ3) is 9.04. The van der Waals surface area contributed by atoms with Crippen LogP contribution in [0.15, 0.2) is 0 Å². The molecule has 12 N–H and O–H groups in total. The Morgan fingerprint density at radius 1 is 0.929 bits per heavy atom. The third-order valence-corrected chi connectivity index (χ3v) is 0.720. The van der Waals surface area contributed by atoms with Gasteiger partial charge in [-0.1, -0.05) is 11.2 Å². The van der Waals surface area contributed by atoms with Gasteiger partial charge in [0.1, 0.15) is 12.6 Å². The van der Waals surface area contributed by atoms with Gasteiger partial charge in [0.25, 0.3) is 0 Å². The van der Waals surface area contributed by atoms with Gasteiger partial charge in [-0.2, -0.15) is 15.6 Å². The number of hydrogen-bond acceptors (Lipinski definition) is 11. The standard InChI is InChI=1S/C3H14N8O3/c4-1(5)8-10-13-3(12)14-11-9-2(6)7/h1-2,8-11H,4-7H2. The van der Waals surface area contributed by atoms with Crippen molar-refractivity contribution >= 4 is 6.16 Å². The summed E-state index contributed by atoms with van der Waals surface area (Å²) >= 11 is 0. The van der Waals surface area contributed by atoms with Crippen molar-refractivity contribution in [1.29, 1.82) is 0 Å². The smallest absolute Gasteiger partial charge is 0.321 e. The fraction of sp³-hybridized carbons (Fsp3) is 0.667. The lowest BCUT2D eigenvalue weighted by Gasteiger charge is -2.11. The predicted octanol–water partition coefficient (Wildman–Crippen LogP) is -4.44. The van der Waals surface area contributed by atoms with Crippen LogP contribution in [0.1, 0.15) is 0 Å². The zero-order valence-electron chi connectivity index (χ0n) is 7.19. The Labute approximate surface area is 79.3 Å². The number of carbonyl (C=O) groups is 1. The quantitative estimate of drug-likeness (QED) is 0.156. The minimum absolute atomic E-state index is 0.883. The fourth-order valence-electron chi connectivity index (χ4n) is 0.299. The van der Waals surface area contributed by atoms with Gasteiger partial charge in [0.2, 0.25) is 0 Å². The van der Waals surface area contributed by atoms with Gasteiger partial charge in [-0.15, -0.1) is 0 Å². The Morgan fingerprint density at radius 2 is 1.29 bits per heavy atom. The Morgan fingerprint density at radius 3 is 1.57 bits per heavy atom. The first kappa shape index (κ1) is 12.9. The maximum Gasteiger partial charge on any atom is 0.549 e. The zero-order chi connectivity index (χ0) is 11.0. The molecule has 84 valence electrons. The van der Waals surface area contributed by atoms with Gasteiger partial charge in [0.05, 0.1) is 0 Å². The Balaban J connectivity index is 3.28. The van der Waals surface area contributed by atoms with E-state index in [0.29, 0.717) is 0 Å². The average Bonchev–Trinajstić information content (AvgIpc) is 2.02. The second-order valence-corrected chi connectivity index (χ2v) is 2.00. The lowest BCUT2D eigenvalue weighted by molar-refractivity contribution is -0.0422. The summed E-state index contributed by atoms with van der Waals surface area (Å²) in [7, 11) is 0. The normalized spacial score (nSPS) is 10.7. The molecular formula is C3H14N8O3. The van der Waals surface area contributed by atoms with Crippen LogP contribution in [0.2, 0.25) is 0 Å². The Kier molecular flexibility index (Phi) is 6.81. The minimum Gasteiger partial charge on any atom is -0.321 e. The van der Waals surface area contributed by atoms with E-state index in [2.05, 4.69) is 20.5 Å². The van der Waals surface area contributed by atoms with Crippen LogP contribution in [0.4, 0.5) is 4.79 Å². The number of hydrazine groups is 2. The molecule has 0 spiro atoms. The van der Waals surface area contributed by atoms with Gasteiger partial charge in [0, 0.05) is 0 Å². The molecule has 0 bridgehead atoms. The molecule has 0 rings (SSSR count). The molecule has 0 aliphatic heterocycles. The number of carbonyl (C=O) groups excluding carboxylic acids is 1. The first-order valence-electron chi connectivity index (χ1n) is 3.43. The van der Waals surface area contributed by atoms with Crippen LogP contribution < -0.4 is 45.0 Å². The van der Waals surface area contributed by atoms with Crippen molar-refractivity contribution in [3.8, 4) is 0 Å². The van der Waals surface area contributed by atoms with Crippen LogP contribution >= 0.6 is 0 Å². The van der Waals surface area contributed by atoms with Crippen molar-refractivity contribution in [3.05, 3.63) is 0 Å². The van der Waals surface area contributed by atoms with Crippen LogP contribution in [0, 0.1) is 0 Å². The highest BCUT2D eigenvalue weighted by molar-refractivity contribution is 5.58. The monoisotopic (exact) mass is 210 g/mol. The topological polar surface area (TPSA) is 188 Å². The summed E-state index contributed by atoms with van der Waals surface area (Å²) in [5.74, 6) is 0. The number of nitrogens with two attached hydrogens (primary N) is 4. The van der Waals surface area contributed by atoms with Crippen molar-refractivity contribution < 1.29 is 14.5 Å². The summed E-state index contributed by atoms with van der Waals surface area (Å²) in [4.78, 5) is 18.9. The van der Waals surface area contributed by atoms with Crippen LogP contribution in [-0.4, -0.2) is 18.7 Å². The molecule has 11 nitrogen and oxygen atoms in total. The van der Waals surface area contributed by atoms with Crippen molar-refractivity contribution in [1.82, 2.24) is 22.0 Å². The van der Waals surface area contributed by atoms with E-state index in [1.54, 1.807) is 0 Å². The van der Waals surface area contributed by atoms with E-state index in [1.807, 2.05) is 11.2 Å². The molecule has 0 aromatic carbocycles. The lowest BCUT2D eigenvalue weighted by atomic mass is 11.0. The highest BCUT2D eigenvalue weighted by Gasteiger charge is 2.04. The lowest BCUT2D eigenvalue weighted by Crippen LogP contribution is -2.54. The highest BCUT2D eigenvalue weighted by Crippen LogP contribution is 1.73. The van der Waals surface area contributed by atoms with Crippen molar-refractivity contribution in [2.24, 2.45) is 22.9 Å². The maximum atomic E-state index is 10.6. The van der Waals surface area contributed by atoms with Gasteiger partial charge >= 0.3 is 6.16 Å². The SMILES string of the molecule is NC(N)NNOC(=O)ONNC(N)N. The van der Waals surface area contributed by atoms with Gasteiger partial charge in [0.15, 0.2) is 0 Å². The molecule has 0 unspecified atom stereocenters. The second kappa shape index (κ2) is 7.36. The number of nitrogens with one attached hydrogen (secondary N) is 4. The summed E-state index contributed by atoms with van der Waals surface area (Å²) < 4.78 is 0. The average molecular weight is 210 g/mol. The Hall–Kier alpha value is -1.05. The highest BCUT2D eigenvalue weighted by atomic mass is 16.9. The predicted molar refractivity (Wildman–Crippen MR) is 44.4 cm³/mol. The molecule has 0 aromatic rings. The molecule has 0 fully saturated rings. The van der Waals surface area contributed by atoms with E-state index in [-0.39, 0.29) is 0 Å². The van der Waals surface area contributed by atoms with E-state index in [1.165, 1.54) is 0 Å². The number of rotatable bonds is 6. The first-order chi connectivity index (χ1) is 6.52. The van der Waals surface area contributed by atoms with E-state index < -0.39 is 18.7 Å². The van der Waals surface area contributed by atoms with Gasteiger partial charge < -0.3 is 32.6 Å². The largest absolute Gasteiger partial charge is 0.549 e. The van der Waals surface area contributed by atoms with Crippen molar-refractivity contribution in [3.63, 3.8) is 0 Å². The van der Waals surface area contributed by atoms with Crippen LogP contribution in [0.3, 0.4) is 0 Å². The summed E-state index contributed by atoms with van der Waals surface area (Å²) in [6.07, 6.45) is -2.87. The second-order valence-electron chi connectivity index (χ2n) is 2.00. The number of hydrogen-bond donors (Lipinski definition) is 8. The molecule has 11 heteroatoms. The zero-order valence-corrected chi connectivity index (χ0v) is 7.19. The minimum atomic E-state index is -1.11. The third-order valence-electron chi connectivity index (χ3n) is 0.720. The summed E-state index contributed by atoms with van der Waals surface area (Å²) in [5.41, 5.74) is 28.3. The van der Waals surface area contributed by atoms with Gasteiger partial charge in [-0.25, -0.2) is 0 Å². The molecule has 0 radical (unpaired) electrons. The molecule has 0 aromatic heterocycles. The maximum absolute atomic E-state index is 10.6. The van der Waals surface area contributed by atoms with Crippen LogP contribution in [-0.2, 0) is 9.68 Å². The molecule has 0 saturated heterocycles. The first-order valence-corrected chi connectivity index (χ1v) is 3.43. The molecule has 14 heavy (non-hydrogen) atoms. The molecule has 0 saturated carbocycles. The Bertz CT molecular complexity index is 146. The van der Waals surface area contributed by atoms with Crippen molar-refractivity contribution in [2.75, 3.05) is 0 Å². The molecule has 0 amide bonds. The van der Waals surface area contributed by atoms with E-state index in [0.717, 1.165) is 0 Å². The van der Waals surface area contributed by atoms with Crippen LogP contribution in [0.25, 0.3) is 0 Å². The van der Waals surface area contributed by atoms with E-state index >= 15 is 0 Å². The van der Waals surface area contributed by atoms with Crippen LogP contribution in [0.5, 0.6) is 0 Å². The van der Waals surface area contributed by atoms with Crippen molar-refractivity contribution in [2.45, 2.75) is 12.6 Å². The molecule has 0 aliphatic carbocycles. The molecule has 0 heterocycles. The van der Waals surface area contributed by atoms with E-state index in [4.69, 9.17) is 22.9 Å². The molecule has 0 aliphatic rings. The summed E-state index contributed by atoms with van der Waals surface area (Å²) in [6, 6.07) is 0. The van der Waals surface area contributed by atoms with E-state index in [9.17, 15) is 4.79 Å². The summed E-state index contributed by atoms with van der Waals surface area (Å²) in [6.45, 7) is 0. The van der Waals surface area contributed by atoms with Gasteiger partial charge in [-0.05, 0) is 0 Å². The fourth-order valence-corrected chi connectivity index (χ4v) is 0.299. The van der Waals surface area contributed by atoms with Gasteiger partial charge in [-0.3, -0.25) is 0 Å². The summed E-state index contributed by atoms with van der Waals surface area (Å²) in [5, 5.41) is 0.